The van der Waals surface area contributed by atoms with Gasteiger partial charge < -0.3 is 5.32 Å². The van der Waals surface area contributed by atoms with Crippen molar-refractivity contribution < 1.29 is 4.79 Å². The number of nitrogens with zero attached hydrogens (tertiary/aromatic N) is 2. The minimum atomic E-state index is -0.163. The van der Waals surface area contributed by atoms with Gasteiger partial charge in [0, 0.05) is 23.6 Å². The second kappa shape index (κ2) is 7.08. The van der Waals surface area contributed by atoms with E-state index in [2.05, 4.69) is 36.1 Å². The molecule has 3 aromatic rings. The lowest BCUT2D eigenvalue weighted by molar-refractivity contribution is 0.102. The number of pyridine rings is 2. The molecule has 0 atom stereocenters. The van der Waals surface area contributed by atoms with Gasteiger partial charge in [0.05, 0.1) is 11.4 Å². The summed E-state index contributed by atoms with van der Waals surface area (Å²) in [5.74, 6) is -0.163. The molecular weight excluding hydrogens is 322 g/mol. The van der Waals surface area contributed by atoms with Gasteiger partial charge in [-0.25, -0.2) is 0 Å². The van der Waals surface area contributed by atoms with E-state index < -0.39 is 0 Å². The van der Waals surface area contributed by atoms with Gasteiger partial charge in [-0.15, -0.1) is 0 Å². The summed E-state index contributed by atoms with van der Waals surface area (Å²) in [6.45, 7) is 8.49. The molecule has 0 fully saturated rings. The Hall–Kier alpha value is -3.01. The van der Waals surface area contributed by atoms with Crippen molar-refractivity contribution >= 4 is 11.6 Å². The number of carbonyl (C=O) groups excluding carboxylic acids is 1. The van der Waals surface area contributed by atoms with Crippen LogP contribution in [0, 0.1) is 6.92 Å². The monoisotopic (exact) mass is 345 g/mol. The molecule has 0 unspecified atom stereocenters. The third-order valence-electron chi connectivity index (χ3n) is 4.22. The standard InChI is InChI=1S/C22H23N3O/c1-15-5-7-18(8-6-15)25-21(26)16-9-11-23-19(13-16)20-14-17(10-12-24-20)22(2,3)4/h5-14H,1-4H3,(H,25,26). The first-order valence-corrected chi connectivity index (χ1v) is 8.64. The van der Waals surface area contributed by atoms with Crippen LogP contribution in [0.25, 0.3) is 11.4 Å². The molecule has 3 rings (SSSR count). The molecule has 0 aliphatic rings. The summed E-state index contributed by atoms with van der Waals surface area (Å²) >= 11 is 0. The van der Waals surface area contributed by atoms with Crippen LogP contribution in [0.2, 0.25) is 0 Å². The zero-order valence-corrected chi connectivity index (χ0v) is 15.6. The second-order valence-electron chi connectivity index (χ2n) is 7.43. The summed E-state index contributed by atoms with van der Waals surface area (Å²) in [7, 11) is 0. The highest BCUT2D eigenvalue weighted by atomic mass is 16.1. The summed E-state index contributed by atoms with van der Waals surface area (Å²) in [6.07, 6.45) is 3.43. The Morgan fingerprint density at radius 1 is 0.885 bits per heavy atom. The van der Waals surface area contributed by atoms with E-state index in [0.717, 1.165) is 16.9 Å². The lowest BCUT2D eigenvalue weighted by atomic mass is 9.87. The van der Waals surface area contributed by atoms with Crippen molar-refractivity contribution in [2.24, 2.45) is 0 Å². The topological polar surface area (TPSA) is 54.9 Å². The third-order valence-corrected chi connectivity index (χ3v) is 4.22. The van der Waals surface area contributed by atoms with Crippen molar-refractivity contribution in [3.05, 3.63) is 77.6 Å². The summed E-state index contributed by atoms with van der Waals surface area (Å²) in [5.41, 5.74) is 5.14. The molecule has 0 saturated heterocycles. The van der Waals surface area contributed by atoms with Crippen molar-refractivity contribution in [3.63, 3.8) is 0 Å². The predicted octanol–water partition coefficient (Wildman–Crippen LogP) is 5.00. The van der Waals surface area contributed by atoms with Gasteiger partial charge in [-0.3, -0.25) is 14.8 Å². The molecule has 2 aromatic heterocycles. The minimum Gasteiger partial charge on any atom is -0.322 e. The van der Waals surface area contributed by atoms with Crippen molar-refractivity contribution in [1.29, 1.82) is 0 Å². The first-order valence-electron chi connectivity index (χ1n) is 8.64. The number of aromatic nitrogens is 2. The van der Waals surface area contributed by atoms with Crippen molar-refractivity contribution in [3.8, 4) is 11.4 Å². The molecule has 0 bridgehead atoms. The average molecular weight is 345 g/mol. The number of benzene rings is 1. The number of hydrogen-bond donors (Lipinski definition) is 1. The maximum absolute atomic E-state index is 12.5. The highest BCUT2D eigenvalue weighted by Gasteiger charge is 2.15. The van der Waals surface area contributed by atoms with Crippen LogP contribution in [0.5, 0.6) is 0 Å². The summed E-state index contributed by atoms with van der Waals surface area (Å²) in [6, 6.07) is 15.2. The minimum absolute atomic E-state index is 0.0259. The molecule has 0 saturated carbocycles. The fourth-order valence-corrected chi connectivity index (χ4v) is 2.59. The van der Waals surface area contributed by atoms with E-state index in [4.69, 9.17) is 0 Å². The van der Waals surface area contributed by atoms with Crippen LogP contribution in [0.1, 0.15) is 42.3 Å². The number of rotatable bonds is 3. The second-order valence-corrected chi connectivity index (χ2v) is 7.43. The van der Waals surface area contributed by atoms with Gasteiger partial charge in [0.1, 0.15) is 0 Å². The van der Waals surface area contributed by atoms with Gasteiger partial charge in [-0.05, 0) is 54.3 Å². The largest absolute Gasteiger partial charge is 0.322 e. The smallest absolute Gasteiger partial charge is 0.255 e. The van der Waals surface area contributed by atoms with E-state index in [1.807, 2.05) is 43.3 Å². The van der Waals surface area contributed by atoms with E-state index in [0.29, 0.717) is 11.3 Å². The fourth-order valence-electron chi connectivity index (χ4n) is 2.59. The van der Waals surface area contributed by atoms with Crippen molar-refractivity contribution in [1.82, 2.24) is 9.97 Å². The average Bonchev–Trinajstić information content (AvgIpc) is 2.63. The molecular formula is C22H23N3O. The first kappa shape index (κ1) is 17.8. The van der Waals surface area contributed by atoms with Crippen LogP contribution in [0.3, 0.4) is 0 Å². The SMILES string of the molecule is Cc1ccc(NC(=O)c2ccnc(-c3cc(C(C)(C)C)ccn3)c2)cc1. The first-order chi connectivity index (χ1) is 12.3. The maximum atomic E-state index is 12.5. The van der Waals surface area contributed by atoms with E-state index >= 15 is 0 Å². The lowest BCUT2D eigenvalue weighted by Gasteiger charge is -2.19. The van der Waals surface area contributed by atoms with Crippen LogP contribution in [0.4, 0.5) is 5.69 Å². The Balaban J connectivity index is 1.86. The Morgan fingerprint density at radius 2 is 1.50 bits per heavy atom. The van der Waals surface area contributed by atoms with E-state index in [1.165, 1.54) is 5.56 Å². The molecule has 1 N–H and O–H groups in total. The number of nitrogens with one attached hydrogen (secondary N) is 1. The zero-order chi connectivity index (χ0) is 18.7. The fraction of sp³-hybridized carbons (Fsp3) is 0.227. The Bertz CT molecular complexity index is 925. The highest BCUT2D eigenvalue weighted by Crippen LogP contribution is 2.25. The number of anilines is 1. The lowest BCUT2D eigenvalue weighted by Crippen LogP contribution is -2.13. The van der Waals surface area contributed by atoms with Crippen molar-refractivity contribution in [2.45, 2.75) is 33.1 Å². The third kappa shape index (κ3) is 4.14. The molecule has 0 spiro atoms. The van der Waals surface area contributed by atoms with Gasteiger partial charge in [0.15, 0.2) is 0 Å². The van der Waals surface area contributed by atoms with Crippen LogP contribution in [0.15, 0.2) is 60.9 Å². The van der Waals surface area contributed by atoms with Crippen molar-refractivity contribution in [2.75, 3.05) is 5.32 Å². The van der Waals surface area contributed by atoms with Crippen LogP contribution in [-0.4, -0.2) is 15.9 Å². The Kier molecular flexibility index (Phi) is 4.85. The zero-order valence-electron chi connectivity index (χ0n) is 15.6. The Morgan fingerprint density at radius 3 is 2.15 bits per heavy atom. The number of carbonyl (C=O) groups is 1. The molecule has 0 radical (unpaired) electrons. The maximum Gasteiger partial charge on any atom is 0.255 e. The van der Waals surface area contributed by atoms with Gasteiger partial charge in [-0.1, -0.05) is 38.5 Å². The molecule has 2 heterocycles. The normalized spacial score (nSPS) is 11.2. The summed E-state index contributed by atoms with van der Waals surface area (Å²) in [5, 5.41) is 2.91. The van der Waals surface area contributed by atoms with Crippen LogP contribution >= 0.6 is 0 Å². The predicted molar refractivity (Wildman–Crippen MR) is 105 cm³/mol. The van der Waals surface area contributed by atoms with Crippen LogP contribution in [-0.2, 0) is 5.41 Å². The quantitative estimate of drug-likeness (QED) is 0.726. The van der Waals surface area contributed by atoms with Gasteiger partial charge >= 0.3 is 0 Å². The number of hydrogen-bond acceptors (Lipinski definition) is 3. The number of aryl methyl sites for hydroxylation is 1. The van der Waals surface area contributed by atoms with Gasteiger partial charge in [-0.2, -0.15) is 0 Å². The summed E-state index contributed by atoms with van der Waals surface area (Å²) < 4.78 is 0. The summed E-state index contributed by atoms with van der Waals surface area (Å²) in [4.78, 5) is 21.4. The van der Waals surface area contributed by atoms with Gasteiger partial charge in [0.2, 0.25) is 0 Å². The molecule has 26 heavy (non-hydrogen) atoms. The molecule has 132 valence electrons. The van der Waals surface area contributed by atoms with E-state index in [9.17, 15) is 4.79 Å². The van der Waals surface area contributed by atoms with E-state index in [1.54, 1.807) is 24.5 Å². The molecule has 1 amide bonds. The molecule has 4 heteroatoms. The van der Waals surface area contributed by atoms with Gasteiger partial charge in [0.25, 0.3) is 5.91 Å². The molecule has 4 nitrogen and oxygen atoms in total. The van der Waals surface area contributed by atoms with Crippen LogP contribution < -0.4 is 5.32 Å². The Labute approximate surface area is 154 Å². The molecule has 0 aliphatic carbocycles. The van der Waals surface area contributed by atoms with E-state index in [-0.39, 0.29) is 11.3 Å². The highest BCUT2D eigenvalue weighted by molar-refractivity contribution is 6.04. The molecule has 0 aliphatic heterocycles. The number of amides is 1. The molecule has 1 aromatic carbocycles.